The topological polar surface area (TPSA) is 37.0 Å². The van der Waals surface area contributed by atoms with Crippen LogP contribution in [0.15, 0.2) is 24.4 Å². The average Bonchev–Trinajstić information content (AvgIpc) is 2.62. The summed E-state index contributed by atoms with van der Waals surface area (Å²) in [5.74, 6) is 0.893. The summed E-state index contributed by atoms with van der Waals surface area (Å²) in [4.78, 5) is 3.23. The number of aromatic amines is 1. The molecule has 0 radical (unpaired) electrons. The van der Waals surface area contributed by atoms with Gasteiger partial charge < -0.3 is 15.0 Å². The standard InChI is InChI=1S/C11H14N2O/c1-12-6-8-7-13-11-9(8)4-3-5-10(11)14-2/h3-5,7,12-13H,6H2,1-2H3. The zero-order valence-electron chi connectivity index (χ0n) is 8.42. The monoisotopic (exact) mass is 190 g/mol. The van der Waals surface area contributed by atoms with Crippen LogP contribution in [0.1, 0.15) is 5.56 Å². The largest absolute Gasteiger partial charge is 0.495 e. The summed E-state index contributed by atoms with van der Waals surface area (Å²) in [5, 5.41) is 4.36. The van der Waals surface area contributed by atoms with Gasteiger partial charge in [0, 0.05) is 18.1 Å². The van der Waals surface area contributed by atoms with Crippen LogP contribution in [0.5, 0.6) is 5.75 Å². The Morgan fingerprint density at radius 2 is 2.29 bits per heavy atom. The number of hydrogen-bond acceptors (Lipinski definition) is 2. The Morgan fingerprint density at radius 3 is 3.00 bits per heavy atom. The Balaban J connectivity index is 2.57. The van der Waals surface area contributed by atoms with Crippen molar-refractivity contribution in [1.29, 1.82) is 0 Å². The normalized spacial score (nSPS) is 10.7. The quantitative estimate of drug-likeness (QED) is 0.775. The molecule has 0 amide bonds. The first-order chi connectivity index (χ1) is 6.86. The molecule has 1 aromatic carbocycles. The Labute approximate surface area is 83.1 Å². The number of ether oxygens (including phenoxy) is 1. The summed E-state index contributed by atoms with van der Waals surface area (Å²) in [6.07, 6.45) is 2.02. The molecule has 0 aliphatic heterocycles. The summed E-state index contributed by atoms with van der Waals surface area (Å²) in [6, 6.07) is 6.07. The molecule has 0 aliphatic carbocycles. The van der Waals surface area contributed by atoms with Crippen molar-refractivity contribution in [2.24, 2.45) is 0 Å². The average molecular weight is 190 g/mol. The third-order valence-corrected chi connectivity index (χ3v) is 2.35. The Morgan fingerprint density at radius 1 is 1.43 bits per heavy atom. The van der Waals surface area contributed by atoms with Gasteiger partial charge in [-0.15, -0.1) is 0 Å². The maximum atomic E-state index is 5.27. The van der Waals surface area contributed by atoms with Crippen molar-refractivity contribution in [3.05, 3.63) is 30.0 Å². The van der Waals surface area contributed by atoms with Crippen LogP contribution in [0, 0.1) is 0 Å². The second kappa shape index (κ2) is 3.72. The van der Waals surface area contributed by atoms with E-state index in [0.29, 0.717) is 0 Å². The van der Waals surface area contributed by atoms with Gasteiger partial charge in [0.1, 0.15) is 5.75 Å². The van der Waals surface area contributed by atoms with Gasteiger partial charge in [-0.3, -0.25) is 0 Å². The lowest BCUT2D eigenvalue weighted by atomic mass is 10.1. The molecular formula is C11H14N2O. The second-order valence-electron chi connectivity index (χ2n) is 3.23. The van der Waals surface area contributed by atoms with E-state index in [1.807, 2.05) is 25.4 Å². The molecule has 1 heterocycles. The van der Waals surface area contributed by atoms with E-state index in [4.69, 9.17) is 4.74 Å². The molecule has 14 heavy (non-hydrogen) atoms. The number of hydrogen-bond donors (Lipinski definition) is 2. The lowest BCUT2D eigenvalue weighted by molar-refractivity contribution is 0.419. The fraction of sp³-hybridized carbons (Fsp3) is 0.273. The maximum Gasteiger partial charge on any atom is 0.142 e. The molecule has 3 heteroatoms. The molecule has 0 spiro atoms. The van der Waals surface area contributed by atoms with E-state index in [-0.39, 0.29) is 0 Å². The van der Waals surface area contributed by atoms with Crippen molar-refractivity contribution >= 4 is 10.9 Å². The highest BCUT2D eigenvalue weighted by Crippen LogP contribution is 2.26. The molecule has 2 aromatic rings. The number of H-pyrrole nitrogens is 1. The van der Waals surface area contributed by atoms with E-state index in [1.54, 1.807) is 7.11 Å². The molecule has 2 N–H and O–H groups in total. The molecule has 74 valence electrons. The molecule has 3 nitrogen and oxygen atoms in total. The molecule has 2 rings (SSSR count). The fourth-order valence-corrected chi connectivity index (χ4v) is 1.69. The van der Waals surface area contributed by atoms with Crippen molar-refractivity contribution in [2.75, 3.05) is 14.2 Å². The number of rotatable bonds is 3. The number of fused-ring (bicyclic) bond motifs is 1. The first kappa shape index (κ1) is 9.09. The van der Waals surface area contributed by atoms with Crippen molar-refractivity contribution in [1.82, 2.24) is 10.3 Å². The summed E-state index contributed by atoms with van der Waals surface area (Å²) in [6.45, 7) is 0.868. The lowest BCUT2D eigenvalue weighted by Gasteiger charge is -2.01. The molecule has 0 saturated heterocycles. The lowest BCUT2D eigenvalue weighted by Crippen LogP contribution is -2.03. The predicted molar refractivity (Wildman–Crippen MR) is 57.6 cm³/mol. The number of methoxy groups -OCH3 is 1. The zero-order valence-corrected chi connectivity index (χ0v) is 8.42. The van der Waals surface area contributed by atoms with E-state index >= 15 is 0 Å². The van der Waals surface area contributed by atoms with E-state index in [0.717, 1.165) is 17.8 Å². The van der Waals surface area contributed by atoms with Crippen molar-refractivity contribution in [3.8, 4) is 5.75 Å². The summed E-state index contributed by atoms with van der Waals surface area (Å²) in [5.41, 5.74) is 2.33. The first-order valence-electron chi connectivity index (χ1n) is 4.64. The second-order valence-corrected chi connectivity index (χ2v) is 3.23. The maximum absolute atomic E-state index is 5.27. The number of nitrogens with one attached hydrogen (secondary N) is 2. The van der Waals surface area contributed by atoms with Gasteiger partial charge in [0.25, 0.3) is 0 Å². The predicted octanol–water partition coefficient (Wildman–Crippen LogP) is 1.90. The molecule has 0 bridgehead atoms. The Bertz CT molecular complexity index is 434. The molecule has 0 aliphatic rings. The van der Waals surface area contributed by atoms with Crippen LogP contribution in [0.4, 0.5) is 0 Å². The highest BCUT2D eigenvalue weighted by Gasteiger charge is 2.06. The van der Waals surface area contributed by atoms with Gasteiger partial charge in [0.05, 0.1) is 12.6 Å². The van der Waals surface area contributed by atoms with Crippen LogP contribution in [0.25, 0.3) is 10.9 Å². The van der Waals surface area contributed by atoms with Crippen LogP contribution in [0.2, 0.25) is 0 Å². The van der Waals surface area contributed by atoms with Crippen LogP contribution in [0.3, 0.4) is 0 Å². The first-order valence-corrected chi connectivity index (χ1v) is 4.64. The molecule has 0 atom stereocenters. The van der Waals surface area contributed by atoms with Gasteiger partial charge >= 0.3 is 0 Å². The third kappa shape index (κ3) is 1.36. The highest BCUT2D eigenvalue weighted by molar-refractivity contribution is 5.88. The van der Waals surface area contributed by atoms with Gasteiger partial charge in [0.2, 0.25) is 0 Å². The van der Waals surface area contributed by atoms with Gasteiger partial charge in [-0.1, -0.05) is 12.1 Å². The number of aromatic nitrogens is 1. The van der Waals surface area contributed by atoms with Gasteiger partial charge in [0.15, 0.2) is 0 Å². The van der Waals surface area contributed by atoms with Gasteiger partial charge in [-0.25, -0.2) is 0 Å². The summed E-state index contributed by atoms with van der Waals surface area (Å²) >= 11 is 0. The molecule has 0 unspecified atom stereocenters. The van der Waals surface area contributed by atoms with Gasteiger partial charge in [-0.05, 0) is 18.7 Å². The van der Waals surface area contributed by atoms with Gasteiger partial charge in [-0.2, -0.15) is 0 Å². The number of para-hydroxylation sites is 1. The molecule has 0 saturated carbocycles. The zero-order chi connectivity index (χ0) is 9.97. The smallest absolute Gasteiger partial charge is 0.142 e. The summed E-state index contributed by atoms with van der Waals surface area (Å²) < 4.78 is 5.27. The van der Waals surface area contributed by atoms with Crippen molar-refractivity contribution in [3.63, 3.8) is 0 Å². The number of benzene rings is 1. The molecular weight excluding hydrogens is 176 g/mol. The van der Waals surface area contributed by atoms with Crippen molar-refractivity contribution < 1.29 is 4.74 Å². The van der Waals surface area contributed by atoms with E-state index in [2.05, 4.69) is 16.4 Å². The van der Waals surface area contributed by atoms with Crippen LogP contribution in [-0.2, 0) is 6.54 Å². The van der Waals surface area contributed by atoms with Crippen LogP contribution in [-0.4, -0.2) is 19.1 Å². The molecule has 0 fully saturated rings. The summed E-state index contributed by atoms with van der Waals surface area (Å²) in [7, 11) is 3.63. The van der Waals surface area contributed by atoms with Crippen molar-refractivity contribution in [2.45, 2.75) is 6.54 Å². The minimum atomic E-state index is 0.868. The third-order valence-electron chi connectivity index (χ3n) is 2.35. The Kier molecular flexibility index (Phi) is 2.41. The SMILES string of the molecule is CNCc1c[nH]c2c(OC)cccc12. The van der Waals surface area contributed by atoms with Crippen LogP contribution < -0.4 is 10.1 Å². The van der Waals surface area contributed by atoms with Crippen LogP contribution >= 0.6 is 0 Å². The Hall–Kier alpha value is -1.48. The van der Waals surface area contributed by atoms with E-state index in [1.165, 1.54) is 10.9 Å². The van der Waals surface area contributed by atoms with E-state index in [9.17, 15) is 0 Å². The molecule has 1 aromatic heterocycles. The highest BCUT2D eigenvalue weighted by atomic mass is 16.5. The fourth-order valence-electron chi connectivity index (χ4n) is 1.69. The minimum absolute atomic E-state index is 0.868. The van der Waals surface area contributed by atoms with E-state index < -0.39 is 0 Å². The minimum Gasteiger partial charge on any atom is -0.495 e.